The first-order valence-corrected chi connectivity index (χ1v) is 5.50. The molecule has 16 heavy (non-hydrogen) atoms. The highest BCUT2D eigenvalue weighted by atomic mass is 35.5. The lowest BCUT2D eigenvalue weighted by Gasteiger charge is -2.08. The maximum atomic E-state index is 13.1. The van der Waals surface area contributed by atoms with Crippen LogP contribution in [0.25, 0.3) is 10.9 Å². The third-order valence-electron chi connectivity index (χ3n) is 2.99. The molecule has 1 aromatic heterocycles. The first kappa shape index (κ1) is 10.00. The summed E-state index contributed by atoms with van der Waals surface area (Å²) in [6.07, 6.45) is 0.803. The first-order valence-electron chi connectivity index (χ1n) is 5.12. The highest BCUT2D eigenvalue weighted by Crippen LogP contribution is 2.38. The van der Waals surface area contributed by atoms with Crippen LogP contribution >= 0.6 is 11.6 Å². The van der Waals surface area contributed by atoms with Crippen LogP contribution in [0, 0.1) is 5.82 Å². The number of fused-ring (bicyclic) bond motifs is 2. The lowest BCUT2D eigenvalue weighted by Crippen LogP contribution is -1.96. The van der Waals surface area contributed by atoms with E-state index in [1.54, 1.807) is 6.07 Å². The van der Waals surface area contributed by atoms with Gasteiger partial charge in [0.15, 0.2) is 0 Å². The number of rotatable bonds is 0. The van der Waals surface area contributed by atoms with Crippen LogP contribution in [-0.4, -0.2) is 10.1 Å². The summed E-state index contributed by atoms with van der Waals surface area (Å²) in [6, 6.07) is 4.32. The minimum Gasteiger partial charge on any atom is -0.387 e. The lowest BCUT2D eigenvalue weighted by molar-refractivity contribution is 0.176. The van der Waals surface area contributed by atoms with Gasteiger partial charge in [0.1, 0.15) is 5.82 Å². The number of hydrogen-bond acceptors (Lipinski definition) is 2. The number of hydrogen-bond donors (Lipinski definition) is 1. The highest BCUT2D eigenvalue weighted by Gasteiger charge is 2.25. The van der Waals surface area contributed by atoms with Crippen molar-refractivity contribution in [3.05, 3.63) is 40.3 Å². The topological polar surface area (TPSA) is 33.1 Å². The summed E-state index contributed by atoms with van der Waals surface area (Å²) in [5.41, 5.74) is 2.13. The smallest absolute Gasteiger partial charge is 0.124 e. The molecule has 0 aliphatic heterocycles. The Bertz CT molecular complexity index is 585. The summed E-state index contributed by atoms with van der Waals surface area (Å²) in [6.45, 7) is 0. The van der Waals surface area contributed by atoms with Gasteiger partial charge in [-0.1, -0.05) is 11.6 Å². The molecule has 1 unspecified atom stereocenters. The normalized spacial score (nSPS) is 19.1. The van der Waals surface area contributed by atoms with E-state index in [1.807, 2.05) is 0 Å². The standard InChI is InChI=1S/C12H9ClFNO/c13-11-7-2-4-10(16)12(7)15-9-3-1-6(14)5-8(9)11/h1,3,5,10,16H,2,4H2. The summed E-state index contributed by atoms with van der Waals surface area (Å²) in [7, 11) is 0. The fourth-order valence-corrected chi connectivity index (χ4v) is 2.53. The van der Waals surface area contributed by atoms with Crippen LogP contribution in [0.3, 0.4) is 0 Å². The van der Waals surface area contributed by atoms with Crippen LogP contribution < -0.4 is 0 Å². The van der Waals surface area contributed by atoms with Gasteiger partial charge >= 0.3 is 0 Å². The van der Waals surface area contributed by atoms with E-state index in [1.165, 1.54) is 12.1 Å². The minimum atomic E-state index is -0.540. The molecule has 1 aliphatic rings. The van der Waals surface area contributed by atoms with E-state index in [0.29, 0.717) is 34.5 Å². The van der Waals surface area contributed by atoms with Gasteiger partial charge in [0.25, 0.3) is 0 Å². The van der Waals surface area contributed by atoms with Crippen LogP contribution in [0.1, 0.15) is 23.8 Å². The highest BCUT2D eigenvalue weighted by molar-refractivity contribution is 6.36. The Hall–Kier alpha value is -1.19. The van der Waals surface area contributed by atoms with Gasteiger partial charge in [-0.25, -0.2) is 9.37 Å². The second kappa shape index (κ2) is 3.40. The van der Waals surface area contributed by atoms with E-state index < -0.39 is 6.10 Å². The average Bonchev–Trinajstić information content (AvgIpc) is 2.63. The minimum absolute atomic E-state index is 0.324. The predicted octanol–water partition coefficient (Wildman–Crippen LogP) is 3.01. The zero-order chi connectivity index (χ0) is 11.3. The molecule has 0 saturated carbocycles. The van der Waals surface area contributed by atoms with E-state index in [-0.39, 0.29) is 5.82 Å². The molecule has 0 radical (unpaired) electrons. The number of aliphatic hydroxyl groups is 1. The third-order valence-corrected chi connectivity index (χ3v) is 3.43. The summed E-state index contributed by atoms with van der Waals surface area (Å²) in [4.78, 5) is 4.34. The summed E-state index contributed by atoms with van der Waals surface area (Å²) in [5, 5.41) is 10.9. The summed E-state index contributed by atoms with van der Waals surface area (Å²) < 4.78 is 13.1. The molecule has 0 saturated heterocycles. The largest absolute Gasteiger partial charge is 0.387 e. The molecular formula is C12H9ClFNO. The lowest BCUT2D eigenvalue weighted by atomic mass is 10.1. The molecule has 1 heterocycles. The molecule has 1 aliphatic carbocycles. The predicted molar refractivity (Wildman–Crippen MR) is 60.0 cm³/mol. The van der Waals surface area contributed by atoms with Crippen molar-refractivity contribution in [2.75, 3.05) is 0 Å². The molecule has 2 nitrogen and oxygen atoms in total. The molecule has 0 fully saturated rings. The molecule has 0 spiro atoms. The molecule has 0 bridgehead atoms. The van der Waals surface area contributed by atoms with Crippen LogP contribution in [0.15, 0.2) is 18.2 Å². The third kappa shape index (κ3) is 1.32. The Kier molecular flexibility index (Phi) is 2.13. The molecule has 1 aromatic carbocycles. The molecular weight excluding hydrogens is 229 g/mol. The van der Waals surface area contributed by atoms with Crippen molar-refractivity contribution >= 4 is 22.5 Å². The number of aromatic nitrogens is 1. The fourth-order valence-electron chi connectivity index (χ4n) is 2.19. The molecule has 0 amide bonds. The van der Waals surface area contributed by atoms with E-state index >= 15 is 0 Å². The van der Waals surface area contributed by atoms with E-state index in [2.05, 4.69) is 4.98 Å². The molecule has 4 heteroatoms. The van der Waals surface area contributed by atoms with Gasteiger partial charge in [0, 0.05) is 5.39 Å². The number of benzene rings is 1. The molecule has 3 rings (SSSR count). The SMILES string of the molecule is OC1CCc2c1nc1ccc(F)cc1c2Cl. The molecule has 1 N–H and O–H groups in total. The van der Waals surface area contributed by atoms with Gasteiger partial charge in [0.05, 0.1) is 22.3 Å². The average molecular weight is 238 g/mol. The maximum absolute atomic E-state index is 13.1. The number of aliphatic hydroxyl groups excluding tert-OH is 1. The van der Waals surface area contributed by atoms with Gasteiger partial charge in [-0.3, -0.25) is 0 Å². The Labute approximate surface area is 96.7 Å². The summed E-state index contributed by atoms with van der Waals surface area (Å²) in [5.74, 6) is -0.324. The Morgan fingerprint density at radius 2 is 2.25 bits per heavy atom. The fraction of sp³-hybridized carbons (Fsp3) is 0.250. The monoisotopic (exact) mass is 237 g/mol. The second-order valence-electron chi connectivity index (χ2n) is 4.01. The van der Waals surface area contributed by atoms with Gasteiger partial charge in [0.2, 0.25) is 0 Å². The van der Waals surface area contributed by atoms with Crippen molar-refractivity contribution in [1.82, 2.24) is 4.98 Å². The van der Waals surface area contributed by atoms with Crippen molar-refractivity contribution in [3.8, 4) is 0 Å². The zero-order valence-electron chi connectivity index (χ0n) is 8.37. The van der Waals surface area contributed by atoms with Gasteiger partial charge in [-0.15, -0.1) is 0 Å². The van der Waals surface area contributed by atoms with Crippen molar-refractivity contribution in [2.45, 2.75) is 18.9 Å². The van der Waals surface area contributed by atoms with Gasteiger partial charge in [-0.05, 0) is 36.6 Å². The van der Waals surface area contributed by atoms with Crippen molar-refractivity contribution < 1.29 is 9.50 Å². The molecule has 82 valence electrons. The summed E-state index contributed by atoms with van der Waals surface area (Å²) >= 11 is 6.21. The van der Waals surface area contributed by atoms with Crippen molar-refractivity contribution in [2.24, 2.45) is 0 Å². The Morgan fingerprint density at radius 3 is 3.06 bits per heavy atom. The van der Waals surface area contributed by atoms with E-state index in [0.717, 1.165) is 5.56 Å². The second-order valence-corrected chi connectivity index (χ2v) is 4.38. The molecule has 1 atom stereocenters. The van der Waals surface area contributed by atoms with Crippen LogP contribution in [0.5, 0.6) is 0 Å². The first-order chi connectivity index (χ1) is 7.66. The Morgan fingerprint density at radius 1 is 1.44 bits per heavy atom. The number of pyridine rings is 1. The molecule has 2 aromatic rings. The van der Waals surface area contributed by atoms with Crippen molar-refractivity contribution in [3.63, 3.8) is 0 Å². The van der Waals surface area contributed by atoms with Crippen LogP contribution in [0.4, 0.5) is 4.39 Å². The van der Waals surface area contributed by atoms with Crippen LogP contribution in [0.2, 0.25) is 5.02 Å². The van der Waals surface area contributed by atoms with E-state index in [4.69, 9.17) is 11.6 Å². The Balaban J connectivity index is 2.39. The van der Waals surface area contributed by atoms with Crippen LogP contribution in [-0.2, 0) is 6.42 Å². The zero-order valence-corrected chi connectivity index (χ0v) is 9.13. The van der Waals surface area contributed by atoms with Crippen molar-refractivity contribution in [1.29, 1.82) is 0 Å². The quantitative estimate of drug-likeness (QED) is 0.764. The maximum Gasteiger partial charge on any atom is 0.124 e. The van der Waals surface area contributed by atoms with Gasteiger partial charge in [-0.2, -0.15) is 0 Å². The number of nitrogens with zero attached hydrogens (tertiary/aromatic N) is 1. The number of halogens is 2. The van der Waals surface area contributed by atoms with E-state index in [9.17, 15) is 9.50 Å². The van der Waals surface area contributed by atoms with Gasteiger partial charge < -0.3 is 5.11 Å².